The average Bonchev–Trinajstić information content (AvgIpc) is 1.28. The van der Waals surface area contributed by atoms with Crippen LogP contribution in [0.5, 0.6) is 0 Å². The molecule has 0 aliphatic carbocycles. The van der Waals surface area contributed by atoms with Crippen molar-refractivity contribution in [3.05, 3.63) is 414 Å². The standard InChI is InChI=1S/C113H98BN5/c1-111(2,3)86-52-58-104-96(67-86)97-68-87(112(4,5)6)53-59-105(97)119(104)92-54-57-101-107(72-92)116(73-78-61-84(80-35-19-11-20-36-80)66-85(62-78)81-37-21-12-22-38-81)108-64-79(74-115-102-48-32-31-47-93(102)98-71-91(55-60-103(98)115)118(89-43-27-15-28-44-89)90-45-29-16-30-46-90)65-109-110(108)114(101)100-56-51-77(50-49-76-33-17-10-18-34-76)63-106(100)117(109)75-99-94(82-39-23-13-24-40-82)69-88(113(7,8)9)70-95(99)83-41-25-14-26-42-83/h10-48,51-72H,49-50,73-75H2,1-9H3/i10D,17D,18D,33D,34D. The first-order valence-electron chi connectivity index (χ1n) is 44.5. The molecule has 6 heteroatoms. The van der Waals surface area contributed by atoms with E-state index < -0.39 is 6.04 Å². The van der Waals surface area contributed by atoms with Gasteiger partial charge in [0.05, 0.1) is 17.9 Å². The molecule has 0 radical (unpaired) electrons. The van der Waals surface area contributed by atoms with Gasteiger partial charge in [-0.25, -0.2) is 0 Å². The molecule has 0 unspecified atom stereocenters. The van der Waals surface area contributed by atoms with E-state index in [0.717, 1.165) is 145 Å². The summed E-state index contributed by atoms with van der Waals surface area (Å²) in [5.41, 5.74) is 33.9. The first-order chi connectivity index (χ1) is 59.9. The highest BCUT2D eigenvalue weighted by atomic mass is 15.2. The molecule has 0 fully saturated rings. The lowest BCUT2D eigenvalue weighted by molar-refractivity contribution is 0.590. The summed E-state index contributed by atoms with van der Waals surface area (Å²) in [6.45, 7) is 22.0. The summed E-state index contributed by atoms with van der Waals surface area (Å²) in [5.74, 6) is 0. The highest BCUT2D eigenvalue weighted by Gasteiger charge is 2.44. The molecule has 2 aliphatic heterocycles. The van der Waals surface area contributed by atoms with Crippen LogP contribution in [-0.2, 0) is 48.7 Å². The fourth-order valence-electron chi connectivity index (χ4n) is 18.7. The molecule has 2 aliphatic rings. The Bertz CT molecular complexity index is 6950. The molecular weight excluding hydrogens is 1440 g/mol. The van der Waals surface area contributed by atoms with Crippen LogP contribution in [0.1, 0.15) is 114 Å². The zero-order valence-corrected chi connectivity index (χ0v) is 69.2. The van der Waals surface area contributed by atoms with Gasteiger partial charge in [0, 0.05) is 97.7 Å². The number of benzene rings is 16. The largest absolute Gasteiger partial charge is 0.338 e. The van der Waals surface area contributed by atoms with Crippen LogP contribution in [0.25, 0.3) is 93.8 Å². The Morgan fingerprint density at radius 3 is 1.29 bits per heavy atom. The number of hydrogen-bond donors (Lipinski definition) is 0. The van der Waals surface area contributed by atoms with Gasteiger partial charge in [0.15, 0.2) is 0 Å². The van der Waals surface area contributed by atoms with Gasteiger partial charge >= 0.3 is 0 Å². The summed E-state index contributed by atoms with van der Waals surface area (Å²) in [6, 6.07) is 125. The predicted octanol–water partition coefficient (Wildman–Crippen LogP) is 27.6. The summed E-state index contributed by atoms with van der Waals surface area (Å²) in [5, 5.41) is 4.77. The lowest BCUT2D eigenvalue weighted by Crippen LogP contribution is -2.62. The Balaban J connectivity index is 0.885. The molecule has 16 aromatic carbocycles. The maximum absolute atomic E-state index is 9.24. The number of para-hydroxylation sites is 3. The van der Waals surface area contributed by atoms with E-state index >= 15 is 0 Å². The summed E-state index contributed by atoms with van der Waals surface area (Å²) in [4.78, 5) is 7.68. The van der Waals surface area contributed by atoms with E-state index in [0.29, 0.717) is 31.6 Å². The molecule has 20 rings (SSSR count). The molecule has 119 heavy (non-hydrogen) atoms. The van der Waals surface area contributed by atoms with Crippen LogP contribution in [0.4, 0.5) is 39.8 Å². The Kier molecular flexibility index (Phi) is 17.3. The minimum absolute atomic E-state index is 0.0970. The molecule has 0 spiro atoms. The molecule has 0 N–H and O–H groups in total. The molecule has 0 saturated heterocycles. The third-order valence-electron chi connectivity index (χ3n) is 24.9. The van der Waals surface area contributed by atoms with Crippen LogP contribution in [0.3, 0.4) is 0 Å². The quantitative estimate of drug-likeness (QED) is 0.0847. The number of fused-ring (bicyclic) bond motifs is 10. The molecule has 578 valence electrons. The van der Waals surface area contributed by atoms with Crippen molar-refractivity contribution in [1.82, 2.24) is 9.13 Å². The average molecular weight is 1540 g/mol. The van der Waals surface area contributed by atoms with Crippen molar-refractivity contribution >= 4 is 107 Å². The second-order valence-corrected chi connectivity index (χ2v) is 35.7. The Morgan fingerprint density at radius 2 is 0.748 bits per heavy atom. The first kappa shape index (κ1) is 68.8. The lowest BCUT2D eigenvalue weighted by atomic mass is 9.33. The van der Waals surface area contributed by atoms with Crippen molar-refractivity contribution in [2.45, 2.75) is 111 Å². The van der Waals surface area contributed by atoms with Gasteiger partial charge in [-0.3, -0.25) is 0 Å². The maximum Gasteiger partial charge on any atom is 0.252 e. The van der Waals surface area contributed by atoms with E-state index in [1.807, 2.05) is 0 Å². The van der Waals surface area contributed by atoms with Gasteiger partial charge in [-0.05, 0) is 256 Å². The molecule has 0 atom stereocenters. The molecule has 5 nitrogen and oxygen atoms in total. The highest BCUT2D eigenvalue weighted by Crippen LogP contribution is 2.48. The second kappa shape index (κ2) is 29.9. The van der Waals surface area contributed by atoms with E-state index in [2.05, 4.69) is 426 Å². The van der Waals surface area contributed by atoms with Gasteiger partial charge in [0.25, 0.3) is 6.71 Å². The Labute approximate surface area is 708 Å². The highest BCUT2D eigenvalue weighted by molar-refractivity contribution is 7.00. The van der Waals surface area contributed by atoms with Gasteiger partial charge in [-0.2, -0.15) is 0 Å². The molecular formula is C113H98BN5. The Morgan fingerprint density at radius 1 is 0.303 bits per heavy atom. The number of nitrogens with zero attached hydrogens (tertiary/aromatic N) is 5. The van der Waals surface area contributed by atoms with Crippen molar-refractivity contribution in [2.24, 2.45) is 0 Å². The molecule has 4 heterocycles. The maximum atomic E-state index is 9.24. The topological polar surface area (TPSA) is 19.6 Å². The van der Waals surface area contributed by atoms with Gasteiger partial charge in [-0.1, -0.05) is 311 Å². The van der Waals surface area contributed by atoms with E-state index in [-0.39, 0.29) is 53.5 Å². The van der Waals surface area contributed by atoms with E-state index in [1.54, 1.807) is 0 Å². The van der Waals surface area contributed by atoms with E-state index in [9.17, 15) is 2.74 Å². The zero-order valence-electron chi connectivity index (χ0n) is 74.2. The molecule has 0 saturated carbocycles. The van der Waals surface area contributed by atoms with Crippen LogP contribution < -0.4 is 31.1 Å². The van der Waals surface area contributed by atoms with Crippen LogP contribution in [0.2, 0.25) is 0 Å². The number of aryl methyl sites for hydroxylation is 1. The van der Waals surface area contributed by atoms with Gasteiger partial charge < -0.3 is 23.8 Å². The third kappa shape index (κ3) is 13.9. The lowest BCUT2D eigenvalue weighted by Gasteiger charge is -2.45. The number of hydrogen-bond acceptors (Lipinski definition) is 3. The smallest absolute Gasteiger partial charge is 0.252 e. The molecule has 2 aromatic heterocycles. The summed E-state index contributed by atoms with van der Waals surface area (Å²) in [6.07, 6.45) is 0.653. The minimum Gasteiger partial charge on any atom is -0.338 e. The normalized spacial score (nSPS) is 13.3. The van der Waals surface area contributed by atoms with Crippen molar-refractivity contribution < 1.29 is 6.85 Å². The molecule has 0 bridgehead atoms. The van der Waals surface area contributed by atoms with Gasteiger partial charge in [-0.15, -0.1) is 0 Å². The number of anilines is 7. The van der Waals surface area contributed by atoms with Gasteiger partial charge in [0.1, 0.15) is 0 Å². The van der Waals surface area contributed by atoms with Crippen LogP contribution in [0.15, 0.2) is 370 Å². The fourth-order valence-corrected chi connectivity index (χ4v) is 18.7. The van der Waals surface area contributed by atoms with E-state index in [4.69, 9.17) is 4.11 Å². The number of rotatable bonds is 17. The minimum atomic E-state index is -0.391. The van der Waals surface area contributed by atoms with Crippen LogP contribution in [-0.4, -0.2) is 15.8 Å². The molecule has 0 amide bonds. The van der Waals surface area contributed by atoms with Crippen molar-refractivity contribution in [3.63, 3.8) is 0 Å². The van der Waals surface area contributed by atoms with E-state index in [1.165, 1.54) is 44.0 Å². The SMILES string of the molecule is [2H]c1c([2H])c([2H])c(CCc2ccc3c(c2)N(Cc2c(-c4ccccc4)cc(C(C)(C)C)cc2-c2ccccc2)c2cc(Cn4c5ccccc5c5cc(N(c6ccccc6)c6ccccc6)ccc54)cc4c2B3c2ccc(-n3c5ccc(C(C)(C)C)cc5c5cc(C(C)(C)C)ccc53)cc2N4Cc2cc(-c3ccccc3)cc(-c3ccccc3)c2)c([2H])c1[2H]. The van der Waals surface area contributed by atoms with Crippen molar-refractivity contribution in [1.29, 1.82) is 0 Å². The third-order valence-corrected chi connectivity index (χ3v) is 24.9. The fraction of sp³-hybridized carbons (Fsp3) is 0.150. The summed E-state index contributed by atoms with van der Waals surface area (Å²) >= 11 is 0. The van der Waals surface area contributed by atoms with Crippen molar-refractivity contribution in [2.75, 3.05) is 14.7 Å². The Hall–Kier alpha value is -13.4. The van der Waals surface area contributed by atoms with Crippen LogP contribution in [0, 0.1) is 0 Å². The first-order valence-corrected chi connectivity index (χ1v) is 42.0. The van der Waals surface area contributed by atoms with Crippen LogP contribution >= 0.6 is 0 Å². The predicted molar refractivity (Wildman–Crippen MR) is 508 cm³/mol. The molecule has 18 aromatic rings. The van der Waals surface area contributed by atoms with Gasteiger partial charge in [0.2, 0.25) is 0 Å². The summed E-state index contributed by atoms with van der Waals surface area (Å²) in [7, 11) is 0. The van der Waals surface area contributed by atoms with Crippen molar-refractivity contribution in [3.8, 4) is 50.2 Å². The summed E-state index contributed by atoms with van der Waals surface area (Å²) < 4.78 is 49.9. The zero-order chi connectivity index (χ0) is 85.2. The monoisotopic (exact) mass is 1540 g/mol. The second-order valence-electron chi connectivity index (χ2n) is 35.7. The number of aromatic nitrogens is 2.